The van der Waals surface area contributed by atoms with Gasteiger partial charge in [0.1, 0.15) is 4.88 Å². The lowest BCUT2D eigenvalue weighted by molar-refractivity contribution is 0.0696. The molecule has 1 heterocycles. The molecule has 5 heteroatoms. The van der Waals surface area contributed by atoms with Crippen molar-refractivity contribution in [2.45, 2.75) is 44.1 Å². The number of amides is 1. The van der Waals surface area contributed by atoms with Crippen LogP contribution in [0.1, 0.15) is 53.4 Å². The third kappa shape index (κ3) is 2.67. The van der Waals surface area contributed by atoms with Crippen LogP contribution < -0.4 is 0 Å². The van der Waals surface area contributed by atoms with Gasteiger partial charge in [0, 0.05) is 25.4 Å². The Morgan fingerprint density at radius 3 is 2.89 bits per heavy atom. The first-order chi connectivity index (χ1) is 9.16. The normalized spacial score (nSPS) is 26.6. The van der Waals surface area contributed by atoms with Gasteiger partial charge in [-0.2, -0.15) is 0 Å². The molecule has 0 aromatic carbocycles. The standard InChI is InChI=1S/C14H20N2O2S/c1-16(7-10-3-2-4-11(10)17)14(18)13-12(9-5-6-9)15-8-19-13/h8-11,17H,2-7H2,1H3. The minimum Gasteiger partial charge on any atom is -0.393 e. The molecule has 104 valence electrons. The summed E-state index contributed by atoms with van der Waals surface area (Å²) in [6.07, 6.45) is 5.06. The molecule has 0 radical (unpaired) electrons. The second-order valence-electron chi connectivity index (χ2n) is 5.79. The first-order valence-electron chi connectivity index (χ1n) is 7.03. The second-order valence-corrected chi connectivity index (χ2v) is 6.64. The quantitative estimate of drug-likeness (QED) is 0.920. The van der Waals surface area contributed by atoms with Crippen molar-refractivity contribution in [2.75, 3.05) is 13.6 Å². The number of thiazole rings is 1. The van der Waals surface area contributed by atoms with Gasteiger partial charge in [-0.05, 0) is 25.7 Å². The summed E-state index contributed by atoms with van der Waals surface area (Å²) < 4.78 is 0. The Morgan fingerprint density at radius 1 is 1.47 bits per heavy atom. The maximum absolute atomic E-state index is 12.5. The fourth-order valence-corrected chi connectivity index (χ4v) is 3.77. The van der Waals surface area contributed by atoms with Gasteiger partial charge in [-0.15, -0.1) is 11.3 Å². The van der Waals surface area contributed by atoms with Crippen molar-refractivity contribution in [3.8, 4) is 0 Å². The number of carbonyl (C=O) groups excluding carboxylic acids is 1. The fraction of sp³-hybridized carbons (Fsp3) is 0.714. The summed E-state index contributed by atoms with van der Waals surface area (Å²) in [5.74, 6) is 0.824. The molecule has 2 fully saturated rings. The van der Waals surface area contributed by atoms with Crippen molar-refractivity contribution in [1.29, 1.82) is 0 Å². The third-order valence-electron chi connectivity index (χ3n) is 4.23. The Bertz CT molecular complexity index is 470. The molecule has 3 rings (SSSR count). The Kier molecular flexibility index (Phi) is 3.58. The molecule has 2 aliphatic rings. The number of nitrogens with zero attached hydrogens (tertiary/aromatic N) is 2. The van der Waals surface area contributed by atoms with Crippen LogP contribution in [-0.2, 0) is 0 Å². The van der Waals surface area contributed by atoms with Gasteiger partial charge in [0.15, 0.2) is 0 Å². The molecule has 0 bridgehead atoms. The fourth-order valence-electron chi connectivity index (χ4n) is 2.90. The van der Waals surface area contributed by atoms with Gasteiger partial charge in [-0.3, -0.25) is 4.79 Å². The van der Waals surface area contributed by atoms with Crippen LogP contribution in [0.2, 0.25) is 0 Å². The summed E-state index contributed by atoms with van der Waals surface area (Å²) in [5, 5.41) is 9.86. The maximum Gasteiger partial charge on any atom is 0.265 e. The van der Waals surface area contributed by atoms with Crippen molar-refractivity contribution in [3.05, 3.63) is 16.1 Å². The number of aliphatic hydroxyl groups excluding tert-OH is 1. The van der Waals surface area contributed by atoms with E-state index in [2.05, 4.69) is 4.98 Å². The van der Waals surface area contributed by atoms with E-state index in [1.54, 1.807) is 10.4 Å². The van der Waals surface area contributed by atoms with E-state index in [0.717, 1.165) is 42.7 Å². The average Bonchev–Trinajstić information content (AvgIpc) is 2.99. The molecule has 19 heavy (non-hydrogen) atoms. The molecule has 4 nitrogen and oxygen atoms in total. The number of rotatable bonds is 4. The molecule has 1 amide bonds. The first-order valence-corrected chi connectivity index (χ1v) is 7.91. The van der Waals surface area contributed by atoms with Crippen molar-refractivity contribution < 1.29 is 9.90 Å². The highest BCUT2D eigenvalue weighted by Crippen LogP contribution is 2.42. The topological polar surface area (TPSA) is 53.4 Å². The predicted octanol–water partition coefficient (Wildman–Crippen LogP) is 2.25. The summed E-state index contributed by atoms with van der Waals surface area (Å²) in [5.41, 5.74) is 2.77. The van der Waals surface area contributed by atoms with Gasteiger partial charge in [0.05, 0.1) is 17.3 Å². The third-order valence-corrected chi connectivity index (χ3v) is 5.06. The van der Waals surface area contributed by atoms with Crippen LogP contribution in [0.5, 0.6) is 0 Å². The Hall–Kier alpha value is -0.940. The molecule has 2 saturated carbocycles. The Balaban J connectivity index is 1.67. The lowest BCUT2D eigenvalue weighted by Gasteiger charge is -2.23. The number of aliphatic hydroxyl groups is 1. The van der Waals surface area contributed by atoms with Gasteiger partial charge in [-0.1, -0.05) is 6.42 Å². The zero-order chi connectivity index (χ0) is 13.4. The van der Waals surface area contributed by atoms with Crippen molar-refractivity contribution in [2.24, 2.45) is 5.92 Å². The molecule has 2 unspecified atom stereocenters. The van der Waals surface area contributed by atoms with Crippen molar-refractivity contribution in [1.82, 2.24) is 9.88 Å². The van der Waals surface area contributed by atoms with Crippen LogP contribution in [0.4, 0.5) is 0 Å². The zero-order valence-corrected chi connectivity index (χ0v) is 12.0. The molecule has 2 atom stereocenters. The summed E-state index contributed by atoms with van der Waals surface area (Å²) in [6, 6.07) is 0. The minimum absolute atomic E-state index is 0.0727. The van der Waals surface area contributed by atoms with Gasteiger partial charge >= 0.3 is 0 Å². The van der Waals surface area contributed by atoms with E-state index < -0.39 is 0 Å². The van der Waals surface area contributed by atoms with Crippen molar-refractivity contribution >= 4 is 17.2 Å². The summed E-state index contributed by atoms with van der Waals surface area (Å²) in [4.78, 5) is 19.4. The summed E-state index contributed by atoms with van der Waals surface area (Å²) in [6.45, 7) is 0.655. The number of hydrogen-bond donors (Lipinski definition) is 1. The molecule has 1 aromatic rings. The molecule has 2 aliphatic carbocycles. The summed E-state index contributed by atoms with van der Waals surface area (Å²) >= 11 is 1.45. The SMILES string of the molecule is CN(CC1CCCC1O)C(=O)c1scnc1C1CC1. The number of aromatic nitrogens is 1. The Labute approximate surface area is 117 Å². The monoisotopic (exact) mass is 280 g/mol. The van der Waals surface area contributed by atoms with Gasteiger partial charge < -0.3 is 10.0 Å². The highest BCUT2D eigenvalue weighted by Gasteiger charge is 2.33. The van der Waals surface area contributed by atoms with Gasteiger partial charge in [0.2, 0.25) is 0 Å². The molecule has 1 aromatic heterocycles. The van der Waals surface area contributed by atoms with E-state index in [-0.39, 0.29) is 17.9 Å². The predicted molar refractivity (Wildman–Crippen MR) is 74.4 cm³/mol. The van der Waals surface area contributed by atoms with E-state index in [4.69, 9.17) is 0 Å². The van der Waals surface area contributed by atoms with Crippen LogP contribution in [-0.4, -0.2) is 40.6 Å². The molecular weight excluding hydrogens is 260 g/mol. The lowest BCUT2D eigenvalue weighted by atomic mass is 10.1. The number of hydrogen-bond acceptors (Lipinski definition) is 4. The lowest BCUT2D eigenvalue weighted by Crippen LogP contribution is -2.34. The smallest absolute Gasteiger partial charge is 0.265 e. The van der Waals surface area contributed by atoms with Gasteiger partial charge in [0.25, 0.3) is 5.91 Å². The highest BCUT2D eigenvalue weighted by molar-refractivity contribution is 7.11. The van der Waals surface area contributed by atoms with Crippen LogP contribution in [0.3, 0.4) is 0 Å². The van der Waals surface area contributed by atoms with E-state index in [9.17, 15) is 9.90 Å². The Morgan fingerprint density at radius 2 is 2.26 bits per heavy atom. The number of carbonyl (C=O) groups is 1. The van der Waals surface area contributed by atoms with E-state index in [1.165, 1.54) is 11.3 Å². The van der Waals surface area contributed by atoms with E-state index in [1.807, 2.05) is 7.05 Å². The highest BCUT2D eigenvalue weighted by atomic mass is 32.1. The first kappa shape index (κ1) is 13.1. The van der Waals surface area contributed by atoms with Gasteiger partial charge in [-0.25, -0.2) is 4.98 Å². The average molecular weight is 280 g/mol. The molecular formula is C14H20N2O2S. The second kappa shape index (κ2) is 5.21. The van der Waals surface area contributed by atoms with Crippen LogP contribution in [0, 0.1) is 5.92 Å². The molecule has 1 N–H and O–H groups in total. The van der Waals surface area contributed by atoms with Crippen molar-refractivity contribution in [3.63, 3.8) is 0 Å². The van der Waals surface area contributed by atoms with E-state index in [0.29, 0.717) is 12.5 Å². The summed E-state index contributed by atoms with van der Waals surface area (Å²) in [7, 11) is 1.84. The maximum atomic E-state index is 12.5. The zero-order valence-electron chi connectivity index (χ0n) is 11.2. The largest absolute Gasteiger partial charge is 0.393 e. The van der Waals surface area contributed by atoms with Crippen LogP contribution in [0.25, 0.3) is 0 Å². The molecule has 0 aliphatic heterocycles. The molecule has 0 spiro atoms. The van der Waals surface area contributed by atoms with E-state index >= 15 is 0 Å². The molecule has 0 saturated heterocycles. The van der Waals surface area contributed by atoms with Crippen LogP contribution >= 0.6 is 11.3 Å². The minimum atomic E-state index is -0.236. The van der Waals surface area contributed by atoms with Crippen LogP contribution in [0.15, 0.2) is 5.51 Å².